The summed E-state index contributed by atoms with van der Waals surface area (Å²) < 4.78 is 0. The largest absolute Gasteiger partial charge is 0.247 e. The third kappa shape index (κ3) is 2.61. The van der Waals surface area contributed by atoms with Crippen LogP contribution in [0.2, 0.25) is 0 Å². The molecule has 30 heavy (non-hydrogen) atoms. The van der Waals surface area contributed by atoms with Gasteiger partial charge in [-0.05, 0) is 11.1 Å². The molecule has 2 heteroatoms. The first kappa shape index (κ1) is 20.5. The van der Waals surface area contributed by atoms with E-state index in [1.165, 1.54) is 44.2 Å². The molecule has 7 rings (SSSR count). The van der Waals surface area contributed by atoms with Gasteiger partial charge in [-0.2, -0.15) is 18.2 Å². The molecule has 0 bridgehead atoms. The Morgan fingerprint density at radius 3 is 1.93 bits per heavy atom. The summed E-state index contributed by atoms with van der Waals surface area (Å²) in [6.07, 6.45) is 0. The fraction of sp³-hybridized carbons (Fsp3) is 0. The number of benzene rings is 5. The molecule has 0 saturated carbocycles. The Balaban J connectivity index is 0.000000963. The minimum Gasteiger partial charge on any atom is -0.247 e. The fourth-order valence-corrected chi connectivity index (χ4v) is 4.92. The molecule has 0 unspecified atom stereocenters. The molecule has 5 aromatic carbocycles. The molecule has 134 valence electrons. The zero-order valence-corrected chi connectivity index (χ0v) is 21.8. The first-order valence-corrected chi connectivity index (χ1v) is 9.47. The molecule has 0 atom stereocenters. The maximum Gasteiger partial charge on any atom is 0 e. The van der Waals surface area contributed by atoms with Crippen LogP contribution in [0.3, 0.4) is 0 Å². The van der Waals surface area contributed by atoms with Gasteiger partial charge in [0, 0.05) is 65.4 Å². The molecule has 0 amide bonds. The van der Waals surface area contributed by atoms with Crippen molar-refractivity contribution in [2.24, 2.45) is 0 Å². The van der Waals surface area contributed by atoms with Gasteiger partial charge in [-0.25, -0.2) is 46.5 Å². The molecule has 0 spiro atoms. The molecular weight excluding hydrogens is 514 g/mol. The number of rotatable bonds is 0. The molecule has 5 aromatic rings. The van der Waals surface area contributed by atoms with Gasteiger partial charge in [0.15, 0.2) is 0 Å². The molecule has 0 fully saturated rings. The first-order valence-electron chi connectivity index (χ1n) is 9.47. The van der Waals surface area contributed by atoms with Gasteiger partial charge in [0.2, 0.25) is 0 Å². The SMILES string of the molecule is [Y].[Y].[c-]1cc[c-]c2c1-c1[c-]cccc1-c1cccc3c1-c1c-2[c-]cc2cccc-3c12. The van der Waals surface area contributed by atoms with Crippen LogP contribution in [0.1, 0.15) is 0 Å². The van der Waals surface area contributed by atoms with Gasteiger partial charge in [-0.1, -0.05) is 58.3 Å². The van der Waals surface area contributed by atoms with Crippen LogP contribution in [0, 0.1) is 24.3 Å². The van der Waals surface area contributed by atoms with Crippen molar-refractivity contribution in [2.45, 2.75) is 0 Å². The van der Waals surface area contributed by atoms with Gasteiger partial charge < -0.3 is 0 Å². The zero-order valence-electron chi connectivity index (χ0n) is 16.1. The Hall–Kier alpha value is -1.43. The molecule has 0 aromatic heterocycles. The molecule has 0 N–H and O–H groups in total. The van der Waals surface area contributed by atoms with Crippen molar-refractivity contribution in [3.05, 3.63) is 97.1 Å². The molecule has 0 heterocycles. The van der Waals surface area contributed by atoms with Crippen LogP contribution in [0.25, 0.3) is 66.4 Å². The van der Waals surface area contributed by atoms with Gasteiger partial charge in [0.05, 0.1) is 0 Å². The van der Waals surface area contributed by atoms with Crippen molar-refractivity contribution in [1.29, 1.82) is 0 Å². The topological polar surface area (TPSA) is 0 Å². The van der Waals surface area contributed by atoms with Gasteiger partial charge in [0.25, 0.3) is 0 Å². The number of hydrogen-bond acceptors (Lipinski definition) is 0. The summed E-state index contributed by atoms with van der Waals surface area (Å²) in [5, 5.41) is 2.56. The van der Waals surface area contributed by atoms with Crippen LogP contribution in [-0.2, 0) is 65.4 Å². The summed E-state index contributed by atoms with van der Waals surface area (Å²) in [5.74, 6) is 0. The third-order valence-electron chi connectivity index (χ3n) is 6.01. The van der Waals surface area contributed by atoms with E-state index in [1.54, 1.807) is 0 Å². The predicted octanol–water partition coefficient (Wildman–Crippen LogP) is 7.00. The summed E-state index contributed by atoms with van der Waals surface area (Å²) in [5.41, 5.74) is 12.0. The summed E-state index contributed by atoms with van der Waals surface area (Å²) in [7, 11) is 0. The van der Waals surface area contributed by atoms with Crippen LogP contribution < -0.4 is 0 Å². The third-order valence-corrected chi connectivity index (χ3v) is 6.01. The van der Waals surface area contributed by atoms with Crippen molar-refractivity contribution in [3.63, 3.8) is 0 Å². The van der Waals surface area contributed by atoms with Gasteiger partial charge >= 0.3 is 0 Å². The molecule has 2 radical (unpaired) electrons. The van der Waals surface area contributed by atoms with E-state index >= 15 is 0 Å². The molecule has 0 saturated heterocycles. The standard InChI is InChI=1S/C28H12.2Y/c1-3-10-20-18(8-1)19-9-2-4-11-21(19)25-16-15-17-7-5-12-23-24-14-6-13-22(20)27(24)28(25)26(17)23;;/h1-7,10,12-15H;;/q-4;;. The predicted molar refractivity (Wildman–Crippen MR) is 114 cm³/mol. The minimum absolute atomic E-state index is 0. The first-order chi connectivity index (χ1) is 13.9. The van der Waals surface area contributed by atoms with E-state index in [-0.39, 0.29) is 65.4 Å². The Kier molecular flexibility index (Phi) is 5.19. The number of fused-ring (bicyclic) bond motifs is 6. The monoisotopic (exact) mass is 526 g/mol. The second kappa shape index (κ2) is 7.61. The van der Waals surface area contributed by atoms with E-state index in [2.05, 4.69) is 78.9 Å². The Labute approximate surface area is 226 Å². The van der Waals surface area contributed by atoms with E-state index in [4.69, 9.17) is 0 Å². The maximum absolute atomic E-state index is 3.59. The van der Waals surface area contributed by atoms with Crippen LogP contribution in [-0.4, -0.2) is 0 Å². The second-order valence-corrected chi connectivity index (χ2v) is 7.37. The normalized spacial score (nSPS) is 11.5. The van der Waals surface area contributed by atoms with E-state index in [9.17, 15) is 0 Å². The minimum atomic E-state index is 0. The van der Waals surface area contributed by atoms with Gasteiger partial charge in [-0.3, -0.25) is 0 Å². The fourth-order valence-electron chi connectivity index (χ4n) is 4.92. The van der Waals surface area contributed by atoms with E-state index in [0.717, 1.165) is 22.3 Å². The summed E-state index contributed by atoms with van der Waals surface area (Å²) >= 11 is 0. The van der Waals surface area contributed by atoms with Crippen LogP contribution in [0.15, 0.2) is 72.8 Å². The quantitative estimate of drug-likeness (QED) is 0.187. The van der Waals surface area contributed by atoms with Crippen molar-refractivity contribution in [2.75, 3.05) is 0 Å². The second-order valence-electron chi connectivity index (χ2n) is 7.37. The number of hydrogen-bond donors (Lipinski definition) is 0. The maximum atomic E-state index is 3.59. The summed E-state index contributed by atoms with van der Waals surface area (Å²) in [4.78, 5) is 0. The van der Waals surface area contributed by atoms with Crippen LogP contribution in [0.4, 0.5) is 0 Å². The zero-order chi connectivity index (χ0) is 18.2. The van der Waals surface area contributed by atoms with Crippen molar-refractivity contribution < 1.29 is 65.4 Å². The van der Waals surface area contributed by atoms with Crippen molar-refractivity contribution in [1.82, 2.24) is 0 Å². The average Bonchev–Trinajstić information content (AvgIpc) is 3.10. The average molecular weight is 526 g/mol. The Bertz CT molecular complexity index is 1460. The van der Waals surface area contributed by atoms with E-state index in [0.29, 0.717) is 0 Å². The van der Waals surface area contributed by atoms with Gasteiger partial charge in [-0.15, -0.1) is 29.3 Å². The van der Waals surface area contributed by atoms with E-state index < -0.39 is 0 Å². The molecular formula is C28H12Y2-4. The Morgan fingerprint density at radius 2 is 1.10 bits per heavy atom. The summed E-state index contributed by atoms with van der Waals surface area (Å²) in [6.45, 7) is 0. The van der Waals surface area contributed by atoms with E-state index in [1.807, 2.05) is 18.2 Å². The Morgan fingerprint density at radius 1 is 0.467 bits per heavy atom. The van der Waals surface area contributed by atoms with Crippen molar-refractivity contribution >= 4 is 10.8 Å². The van der Waals surface area contributed by atoms with Crippen LogP contribution in [0.5, 0.6) is 0 Å². The van der Waals surface area contributed by atoms with Gasteiger partial charge in [0.1, 0.15) is 0 Å². The molecule has 2 aliphatic carbocycles. The smallest absolute Gasteiger partial charge is 0 e. The summed E-state index contributed by atoms with van der Waals surface area (Å²) in [6, 6.07) is 39.5. The van der Waals surface area contributed by atoms with Crippen LogP contribution >= 0.6 is 0 Å². The molecule has 2 aliphatic rings. The van der Waals surface area contributed by atoms with Crippen molar-refractivity contribution in [3.8, 4) is 55.6 Å². The molecule has 0 nitrogen and oxygen atoms in total. The molecule has 0 aliphatic heterocycles.